The van der Waals surface area contributed by atoms with E-state index < -0.39 is 23.8 Å². The van der Waals surface area contributed by atoms with Crippen molar-refractivity contribution in [1.29, 1.82) is 0 Å². The van der Waals surface area contributed by atoms with Crippen LogP contribution < -0.4 is 21.0 Å². The lowest BCUT2D eigenvalue weighted by atomic mass is 10.0. The first-order valence-electron chi connectivity index (χ1n) is 12.1. The van der Waals surface area contributed by atoms with Crippen LogP contribution >= 0.6 is 0 Å². The molecule has 1 saturated heterocycles. The summed E-state index contributed by atoms with van der Waals surface area (Å²) in [6, 6.07) is 2.78. The van der Waals surface area contributed by atoms with Crippen molar-refractivity contribution in [3.8, 4) is 0 Å². The number of hydroxylamine groups is 1. The molecule has 0 aromatic heterocycles. The van der Waals surface area contributed by atoms with Crippen LogP contribution in [0.5, 0.6) is 0 Å². The molecular weight excluding hydrogens is 441 g/mol. The maximum atomic E-state index is 13.9. The maximum absolute atomic E-state index is 13.9. The van der Waals surface area contributed by atoms with Crippen LogP contribution in [0.15, 0.2) is 18.2 Å². The van der Waals surface area contributed by atoms with Crippen molar-refractivity contribution in [3.63, 3.8) is 0 Å². The molecule has 1 atom stereocenters. The largest absolute Gasteiger partial charge is 0.370 e. The first-order chi connectivity index (χ1) is 16.3. The summed E-state index contributed by atoms with van der Waals surface area (Å²) >= 11 is 0. The number of hydrogen-bond donors (Lipinski definition) is 4. The first kappa shape index (κ1) is 25.7. The molecule has 10 heteroatoms. The summed E-state index contributed by atoms with van der Waals surface area (Å²) in [5, 5.41) is 14.4. The molecule has 2 fully saturated rings. The Morgan fingerprint density at radius 1 is 1.15 bits per heavy atom. The van der Waals surface area contributed by atoms with Crippen LogP contribution in [0.4, 0.5) is 20.6 Å². The monoisotopic (exact) mass is 477 g/mol. The minimum Gasteiger partial charge on any atom is -0.370 e. The van der Waals surface area contributed by atoms with E-state index >= 15 is 0 Å². The number of nitrogens with one attached hydrogen (secondary N) is 3. The van der Waals surface area contributed by atoms with Crippen LogP contribution in [-0.4, -0.2) is 60.2 Å². The summed E-state index contributed by atoms with van der Waals surface area (Å²) in [6.45, 7) is 5.38. The van der Waals surface area contributed by atoms with Gasteiger partial charge in [-0.1, -0.05) is 26.7 Å². The van der Waals surface area contributed by atoms with E-state index in [0.29, 0.717) is 12.2 Å². The van der Waals surface area contributed by atoms with E-state index in [0.717, 1.165) is 57.3 Å². The highest BCUT2D eigenvalue weighted by molar-refractivity contribution is 5.97. The Bertz CT molecular complexity index is 869. The summed E-state index contributed by atoms with van der Waals surface area (Å²) in [5.41, 5.74) is 2.67. The molecule has 1 saturated carbocycles. The standard InChI is InChI=1S/C24H36FN5O4/c1-16(2)22(23(32)30(15-21(31)28-34)14-17-7-3-4-8-17)27-24(33)26-19-13-18(25)9-10-20(19)29-11-5-6-12-29/h9-10,13,16-17,22,34H,3-8,11-12,14-15H2,1-2H3,(H,28,31)(H2,26,27,33)/t22-/m0/s1. The minimum absolute atomic E-state index is 0.257. The Morgan fingerprint density at radius 2 is 1.82 bits per heavy atom. The van der Waals surface area contributed by atoms with Crippen molar-refractivity contribution in [2.45, 2.75) is 58.4 Å². The Kier molecular flexibility index (Phi) is 9.09. The fraction of sp³-hybridized carbons (Fsp3) is 0.625. The van der Waals surface area contributed by atoms with E-state index in [4.69, 9.17) is 5.21 Å². The van der Waals surface area contributed by atoms with Crippen LogP contribution in [0.2, 0.25) is 0 Å². The molecule has 9 nitrogen and oxygen atoms in total. The third-order valence-electron chi connectivity index (χ3n) is 6.60. The number of anilines is 2. The van der Waals surface area contributed by atoms with Crippen molar-refractivity contribution in [2.24, 2.45) is 11.8 Å². The predicted molar refractivity (Wildman–Crippen MR) is 127 cm³/mol. The highest BCUT2D eigenvalue weighted by atomic mass is 19.1. The fourth-order valence-corrected chi connectivity index (χ4v) is 4.80. The average Bonchev–Trinajstić information content (AvgIpc) is 3.51. The summed E-state index contributed by atoms with van der Waals surface area (Å²) in [6.07, 6.45) is 6.18. The molecule has 1 aliphatic carbocycles. The Morgan fingerprint density at radius 3 is 2.44 bits per heavy atom. The topological polar surface area (TPSA) is 114 Å². The zero-order valence-corrected chi connectivity index (χ0v) is 20.0. The lowest BCUT2D eigenvalue weighted by Gasteiger charge is -2.31. The average molecular weight is 478 g/mol. The third kappa shape index (κ3) is 6.82. The molecule has 0 unspecified atom stereocenters. The molecule has 3 rings (SSSR count). The molecule has 1 heterocycles. The lowest BCUT2D eigenvalue weighted by Crippen LogP contribution is -2.54. The Labute approximate surface area is 200 Å². The number of urea groups is 1. The second-order valence-corrected chi connectivity index (χ2v) is 9.58. The highest BCUT2D eigenvalue weighted by Crippen LogP contribution is 2.30. The van der Waals surface area contributed by atoms with Crippen molar-refractivity contribution < 1.29 is 24.0 Å². The van der Waals surface area contributed by atoms with Gasteiger partial charge in [0, 0.05) is 19.6 Å². The van der Waals surface area contributed by atoms with Gasteiger partial charge in [0.05, 0.1) is 11.4 Å². The third-order valence-corrected chi connectivity index (χ3v) is 6.60. The van der Waals surface area contributed by atoms with Crippen LogP contribution in [0.1, 0.15) is 52.4 Å². The number of halogens is 1. The van der Waals surface area contributed by atoms with Crippen molar-refractivity contribution in [3.05, 3.63) is 24.0 Å². The molecule has 4 amide bonds. The molecular formula is C24H36FN5O4. The number of rotatable bonds is 9. The van der Waals surface area contributed by atoms with Gasteiger partial charge in [0.25, 0.3) is 5.91 Å². The van der Waals surface area contributed by atoms with Gasteiger partial charge in [0.15, 0.2) is 0 Å². The molecule has 0 bridgehead atoms. The van der Waals surface area contributed by atoms with E-state index in [1.807, 2.05) is 0 Å². The first-order valence-corrected chi connectivity index (χ1v) is 12.1. The highest BCUT2D eigenvalue weighted by Gasteiger charge is 2.32. The van der Waals surface area contributed by atoms with E-state index in [-0.39, 0.29) is 24.3 Å². The van der Waals surface area contributed by atoms with Crippen LogP contribution in [0.25, 0.3) is 0 Å². The van der Waals surface area contributed by atoms with E-state index in [1.165, 1.54) is 17.0 Å². The van der Waals surface area contributed by atoms with Gasteiger partial charge in [-0.25, -0.2) is 14.7 Å². The number of hydrogen-bond acceptors (Lipinski definition) is 5. The lowest BCUT2D eigenvalue weighted by molar-refractivity contribution is -0.141. The predicted octanol–water partition coefficient (Wildman–Crippen LogP) is 3.10. The molecule has 34 heavy (non-hydrogen) atoms. The molecule has 4 N–H and O–H groups in total. The van der Waals surface area contributed by atoms with Crippen molar-refractivity contribution in [1.82, 2.24) is 15.7 Å². The summed E-state index contributed by atoms with van der Waals surface area (Å²) in [7, 11) is 0. The van der Waals surface area contributed by atoms with E-state index in [9.17, 15) is 18.8 Å². The van der Waals surface area contributed by atoms with Gasteiger partial charge in [-0.05, 0) is 55.7 Å². The number of carbonyl (C=O) groups is 3. The molecule has 0 spiro atoms. The zero-order valence-electron chi connectivity index (χ0n) is 20.0. The fourth-order valence-electron chi connectivity index (χ4n) is 4.80. The molecule has 188 valence electrons. The maximum Gasteiger partial charge on any atom is 0.319 e. The summed E-state index contributed by atoms with van der Waals surface area (Å²) < 4.78 is 13.9. The SMILES string of the molecule is CC(C)[C@H](NC(=O)Nc1cc(F)ccc1N1CCCC1)C(=O)N(CC(=O)NO)CC1CCCC1. The van der Waals surface area contributed by atoms with Crippen LogP contribution in [0.3, 0.4) is 0 Å². The quantitative estimate of drug-likeness (QED) is 0.322. The smallest absolute Gasteiger partial charge is 0.319 e. The van der Waals surface area contributed by atoms with Gasteiger partial charge in [-0.2, -0.15) is 0 Å². The van der Waals surface area contributed by atoms with Gasteiger partial charge in [-0.15, -0.1) is 0 Å². The zero-order chi connectivity index (χ0) is 24.7. The number of nitrogens with zero attached hydrogens (tertiary/aromatic N) is 2. The van der Waals surface area contributed by atoms with Gasteiger partial charge in [-0.3, -0.25) is 14.8 Å². The van der Waals surface area contributed by atoms with Gasteiger partial charge < -0.3 is 20.4 Å². The van der Waals surface area contributed by atoms with E-state index in [1.54, 1.807) is 25.4 Å². The summed E-state index contributed by atoms with van der Waals surface area (Å²) in [5.74, 6) is -1.51. The van der Waals surface area contributed by atoms with Crippen molar-refractivity contribution in [2.75, 3.05) is 36.4 Å². The molecule has 0 radical (unpaired) electrons. The number of carbonyl (C=O) groups excluding carboxylic acids is 3. The second kappa shape index (κ2) is 12.0. The second-order valence-electron chi connectivity index (χ2n) is 9.58. The number of benzene rings is 1. The van der Waals surface area contributed by atoms with E-state index in [2.05, 4.69) is 15.5 Å². The van der Waals surface area contributed by atoms with Gasteiger partial charge >= 0.3 is 6.03 Å². The Balaban J connectivity index is 1.72. The van der Waals surface area contributed by atoms with Crippen LogP contribution in [0, 0.1) is 17.7 Å². The summed E-state index contributed by atoms with van der Waals surface area (Å²) in [4.78, 5) is 41.7. The molecule has 1 aliphatic heterocycles. The molecule has 2 aliphatic rings. The molecule has 1 aromatic carbocycles. The number of amides is 4. The van der Waals surface area contributed by atoms with Gasteiger partial charge in [0.2, 0.25) is 5.91 Å². The molecule has 1 aromatic rings. The van der Waals surface area contributed by atoms with Crippen molar-refractivity contribution >= 4 is 29.2 Å². The normalized spacial score (nSPS) is 17.0. The minimum atomic E-state index is -0.892. The van der Waals surface area contributed by atoms with Crippen LogP contribution in [-0.2, 0) is 9.59 Å². The Hall–Kier alpha value is -2.88. The van der Waals surface area contributed by atoms with Gasteiger partial charge in [0.1, 0.15) is 18.4 Å².